The predicted octanol–water partition coefficient (Wildman–Crippen LogP) is 1.72. The van der Waals surface area contributed by atoms with E-state index in [0.717, 1.165) is 43.4 Å². The van der Waals surface area contributed by atoms with E-state index in [1.807, 2.05) is 23.2 Å². The number of carbonyl (C=O) groups is 1. The third-order valence-corrected chi connectivity index (χ3v) is 5.00. The van der Waals surface area contributed by atoms with E-state index in [0.29, 0.717) is 11.3 Å². The fourth-order valence-electron chi connectivity index (χ4n) is 2.61. The van der Waals surface area contributed by atoms with Crippen LogP contribution in [0.15, 0.2) is 41.6 Å². The van der Waals surface area contributed by atoms with Crippen LogP contribution in [0.3, 0.4) is 0 Å². The van der Waals surface area contributed by atoms with Crippen LogP contribution in [0.2, 0.25) is 0 Å². The van der Waals surface area contributed by atoms with Gasteiger partial charge in [0.25, 0.3) is 0 Å². The molecule has 1 aromatic heterocycles. The first-order valence-electron chi connectivity index (χ1n) is 7.86. The molecule has 1 aliphatic rings. The summed E-state index contributed by atoms with van der Waals surface area (Å²) in [6, 6.07) is 9.42. The highest BCUT2D eigenvalue weighted by atomic mass is 32.2. The number of rotatable bonds is 5. The number of H-pyrrole nitrogens is 1. The molecule has 0 atom stereocenters. The second-order valence-corrected chi connectivity index (χ2v) is 6.67. The van der Waals surface area contributed by atoms with Gasteiger partial charge in [0.05, 0.1) is 23.9 Å². The van der Waals surface area contributed by atoms with Crippen molar-refractivity contribution in [3.05, 3.63) is 48.0 Å². The van der Waals surface area contributed by atoms with E-state index in [9.17, 15) is 4.79 Å². The standard InChI is InChI=1S/C17H19N5OS/c18-11-14-1-3-15(4-2-14)24-13-17(23)22-9-7-21(8-10-22)12-16-19-5-6-20-16/h1-6H,7-10,12-13H2,(H,19,20). The molecule has 124 valence electrons. The first-order chi connectivity index (χ1) is 11.7. The number of benzene rings is 1. The molecule has 2 heterocycles. The lowest BCUT2D eigenvalue weighted by Crippen LogP contribution is -2.48. The van der Waals surface area contributed by atoms with Crippen LogP contribution in [0.25, 0.3) is 0 Å². The minimum absolute atomic E-state index is 0.169. The molecule has 1 aliphatic heterocycles. The minimum Gasteiger partial charge on any atom is -0.348 e. The molecule has 1 aromatic carbocycles. The maximum atomic E-state index is 12.3. The van der Waals surface area contributed by atoms with Crippen molar-refractivity contribution in [2.75, 3.05) is 31.9 Å². The zero-order valence-electron chi connectivity index (χ0n) is 13.3. The zero-order valence-corrected chi connectivity index (χ0v) is 14.1. The lowest BCUT2D eigenvalue weighted by Gasteiger charge is -2.34. The summed E-state index contributed by atoms with van der Waals surface area (Å²) < 4.78 is 0. The van der Waals surface area contributed by atoms with Crippen molar-refractivity contribution in [1.82, 2.24) is 19.8 Å². The molecule has 0 unspecified atom stereocenters. The van der Waals surface area contributed by atoms with Crippen LogP contribution in [-0.2, 0) is 11.3 Å². The summed E-state index contributed by atoms with van der Waals surface area (Å²) in [6.07, 6.45) is 3.59. The molecule has 0 saturated carbocycles. The molecule has 24 heavy (non-hydrogen) atoms. The van der Waals surface area contributed by atoms with E-state index < -0.39 is 0 Å². The van der Waals surface area contributed by atoms with Gasteiger partial charge in [-0.25, -0.2) is 4.98 Å². The Morgan fingerprint density at radius 3 is 2.62 bits per heavy atom. The molecule has 0 spiro atoms. The SMILES string of the molecule is N#Cc1ccc(SCC(=O)N2CCN(Cc3ncc[nH]3)CC2)cc1. The van der Waals surface area contributed by atoms with Gasteiger partial charge in [-0.2, -0.15) is 5.26 Å². The number of aromatic nitrogens is 2. The summed E-state index contributed by atoms with van der Waals surface area (Å²) in [5, 5.41) is 8.79. The van der Waals surface area contributed by atoms with Gasteiger partial charge in [0.15, 0.2) is 0 Å². The van der Waals surface area contributed by atoms with Gasteiger partial charge in [0, 0.05) is 43.5 Å². The maximum absolute atomic E-state index is 12.3. The normalized spacial score (nSPS) is 15.2. The summed E-state index contributed by atoms with van der Waals surface area (Å²) in [7, 11) is 0. The van der Waals surface area contributed by atoms with E-state index in [-0.39, 0.29) is 5.91 Å². The van der Waals surface area contributed by atoms with Crippen LogP contribution in [0.1, 0.15) is 11.4 Å². The molecule has 1 fully saturated rings. The summed E-state index contributed by atoms with van der Waals surface area (Å²) in [5.74, 6) is 1.57. The first-order valence-corrected chi connectivity index (χ1v) is 8.84. The van der Waals surface area contributed by atoms with Crippen molar-refractivity contribution in [3.8, 4) is 6.07 Å². The van der Waals surface area contributed by atoms with Gasteiger partial charge < -0.3 is 9.88 Å². The molecule has 6 nitrogen and oxygen atoms in total. The quantitative estimate of drug-likeness (QED) is 0.838. The predicted molar refractivity (Wildman–Crippen MR) is 92.3 cm³/mol. The minimum atomic E-state index is 0.169. The molecule has 1 N–H and O–H groups in total. The monoisotopic (exact) mass is 341 g/mol. The Kier molecular flexibility index (Phi) is 5.51. The molecule has 0 bridgehead atoms. The maximum Gasteiger partial charge on any atom is 0.233 e. The van der Waals surface area contributed by atoms with Gasteiger partial charge in [0.1, 0.15) is 5.82 Å². The van der Waals surface area contributed by atoms with Crippen LogP contribution in [-0.4, -0.2) is 57.6 Å². The second kappa shape index (κ2) is 7.99. The lowest BCUT2D eigenvalue weighted by molar-refractivity contribution is -0.130. The Bertz CT molecular complexity index is 700. The second-order valence-electron chi connectivity index (χ2n) is 5.62. The molecule has 3 rings (SSSR count). The van der Waals surface area contributed by atoms with Crippen LogP contribution < -0.4 is 0 Å². The Hall–Kier alpha value is -2.30. The van der Waals surface area contributed by atoms with Gasteiger partial charge in [-0.15, -0.1) is 11.8 Å². The number of nitrogens with one attached hydrogen (secondary N) is 1. The van der Waals surface area contributed by atoms with Crippen molar-refractivity contribution >= 4 is 17.7 Å². The highest BCUT2D eigenvalue weighted by Gasteiger charge is 2.21. The molecule has 1 saturated heterocycles. The number of imidazole rings is 1. The Balaban J connectivity index is 1.42. The van der Waals surface area contributed by atoms with Gasteiger partial charge in [0.2, 0.25) is 5.91 Å². The molecule has 2 aromatic rings. The smallest absolute Gasteiger partial charge is 0.233 e. The van der Waals surface area contributed by atoms with E-state index in [4.69, 9.17) is 5.26 Å². The number of piperazine rings is 1. The highest BCUT2D eigenvalue weighted by molar-refractivity contribution is 8.00. The van der Waals surface area contributed by atoms with Gasteiger partial charge in [-0.05, 0) is 24.3 Å². The highest BCUT2D eigenvalue weighted by Crippen LogP contribution is 2.19. The number of hydrogen-bond donors (Lipinski definition) is 1. The van der Waals surface area contributed by atoms with E-state index >= 15 is 0 Å². The summed E-state index contributed by atoms with van der Waals surface area (Å²) >= 11 is 1.52. The van der Waals surface area contributed by atoms with E-state index in [1.165, 1.54) is 11.8 Å². The van der Waals surface area contributed by atoms with E-state index in [1.54, 1.807) is 18.3 Å². The number of carbonyl (C=O) groups excluding carboxylic acids is 1. The average molecular weight is 341 g/mol. The number of aromatic amines is 1. The van der Waals surface area contributed by atoms with Crippen molar-refractivity contribution in [1.29, 1.82) is 5.26 Å². The van der Waals surface area contributed by atoms with Crippen LogP contribution >= 0.6 is 11.8 Å². The first kappa shape index (κ1) is 16.6. The van der Waals surface area contributed by atoms with Crippen molar-refractivity contribution < 1.29 is 4.79 Å². The Morgan fingerprint density at radius 1 is 1.25 bits per heavy atom. The molecule has 0 radical (unpaired) electrons. The van der Waals surface area contributed by atoms with Crippen LogP contribution in [0, 0.1) is 11.3 Å². The molecule has 7 heteroatoms. The van der Waals surface area contributed by atoms with Crippen LogP contribution in [0.4, 0.5) is 0 Å². The van der Waals surface area contributed by atoms with Gasteiger partial charge in [-0.3, -0.25) is 9.69 Å². The molecular weight excluding hydrogens is 322 g/mol. The number of nitrogens with zero attached hydrogens (tertiary/aromatic N) is 4. The van der Waals surface area contributed by atoms with E-state index in [2.05, 4.69) is 20.9 Å². The number of hydrogen-bond acceptors (Lipinski definition) is 5. The fraction of sp³-hybridized carbons (Fsp3) is 0.353. The average Bonchev–Trinajstić information content (AvgIpc) is 3.14. The summed E-state index contributed by atoms with van der Waals surface area (Å²) in [6.45, 7) is 4.05. The topological polar surface area (TPSA) is 76.0 Å². The molecular formula is C17H19N5OS. The summed E-state index contributed by atoms with van der Waals surface area (Å²) in [5.41, 5.74) is 0.637. The van der Waals surface area contributed by atoms with Gasteiger partial charge >= 0.3 is 0 Å². The fourth-order valence-corrected chi connectivity index (χ4v) is 3.41. The number of thioether (sulfide) groups is 1. The third-order valence-electron chi connectivity index (χ3n) is 4.00. The van der Waals surface area contributed by atoms with Crippen molar-refractivity contribution in [2.45, 2.75) is 11.4 Å². The number of amides is 1. The van der Waals surface area contributed by atoms with Gasteiger partial charge in [-0.1, -0.05) is 0 Å². The Morgan fingerprint density at radius 2 is 2.00 bits per heavy atom. The Labute approximate surface area is 145 Å². The van der Waals surface area contributed by atoms with Crippen molar-refractivity contribution in [3.63, 3.8) is 0 Å². The largest absolute Gasteiger partial charge is 0.348 e. The summed E-state index contributed by atoms with van der Waals surface area (Å²) in [4.78, 5) is 24.9. The lowest BCUT2D eigenvalue weighted by atomic mass is 10.2. The number of nitriles is 1. The van der Waals surface area contributed by atoms with Crippen molar-refractivity contribution in [2.24, 2.45) is 0 Å². The zero-order chi connectivity index (χ0) is 16.8. The molecule has 1 amide bonds. The molecule has 0 aliphatic carbocycles. The third kappa shape index (κ3) is 4.37. The van der Waals surface area contributed by atoms with Crippen LogP contribution in [0.5, 0.6) is 0 Å².